The van der Waals surface area contributed by atoms with Crippen molar-refractivity contribution in [3.8, 4) is 0 Å². The molecule has 0 aliphatic carbocycles. The fourth-order valence-electron chi connectivity index (χ4n) is 3.42. The van der Waals surface area contributed by atoms with E-state index in [4.69, 9.17) is 0 Å². The zero-order valence-corrected chi connectivity index (χ0v) is 18.2. The van der Waals surface area contributed by atoms with Gasteiger partial charge < -0.3 is 15.5 Å². The summed E-state index contributed by atoms with van der Waals surface area (Å²) in [7, 11) is 0. The Morgan fingerprint density at radius 3 is 1.52 bits per heavy atom. The van der Waals surface area contributed by atoms with Gasteiger partial charge in [-0.25, -0.2) is 5.32 Å². The fourth-order valence-corrected chi connectivity index (χ4v) is 3.42. The van der Waals surface area contributed by atoms with E-state index >= 15 is 0 Å². The van der Waals surface area contributed by atoms with E-state index in [0.717, 1.165) is 12.8 Å². The third kappa shape index (κ3) is 21.5. The van der Waals surface area contributed by atoms with Gasteiger partial charge in [0.05, 0.1) is 6.17 Å². The molecule has 0 heterocycles. The minimum absolute atomic E-state index is 0.0473. The minimum Gasteiger partial charge on any atom is -0.354 e. The van der Waals surface area contributed by atoms with E-state index in [-0.39, 0.29) is 5.91 Å². The number of rotatable bonds is 19. The molecule has 5 heteroatoms. The van der Waals surface area contributed by atoms with Crippen LogP contribution in [0.5, 0.6) is 0 Å². The maximum atomic E-state index is 11.8. The highest BCUT2D eigenvalue weighted by molar-refractivity contribution is 5.76. The van der Waals surface area contributed by atoms with Gasteiger partial charge in [0.2, 0.25) is 11.8 Å². The van der Waals surface area contributed by atoms with Crippen LogP contribution >= 0.6 is 0 Å². The molecule has 0 rings (SSSR count). The number of hydrogen-bond donors (Lipinski definition) is 4. The highest BCUT2D eigenvalue weighted by atomic mass is 16.5. The van der Waals surface area contributed by atoms with E-state index < -0.39 is 12.1 Å². The summed E-state index contributed by atoms with van der Waals surface area (Å²) in [6.07, 6.45) is 19.7. The molecule has 0 aromatic rings. The van der Waals surface area contributed by atoms with Gasteiger partial charge in [-0.05, 0) is 13.3 Å². The highest BCUT2D eigenvalue weighted by Gasteiger charge is 2.18. The van der Waals surface area contributed by atoms with Crippen LogP contribution < -0.4 is 10.6 Å². The number of carbonyl (C=O) groups excluding carboxylic acids is 1. The minimum atomic E-state index is -1.97. The van der Waals surface area contributed by atoms with Gasteiger partial charge in [0.15, 0.2) is 0 Å². The van der Waals surface area contributed by atoms with Gasteiger partial charge in [0.25, 0.3) is 0 Å². The van der Waals surface area contributed by atoms with Crippen LogP contribution in [0.3, 0.4) is 0 Å². The van der Waals surface area contributed by atoms with Crippen molar-refractivity contribution in [2.75, 3.05) is 0 Å². The van der Waals surface area contributed by atoms with Crippen molar-refractivity contribution in [2.24, 2.45) is 0 Å². The number of amides is 1. The molecule has 0 spiro atoms. The summed E-state index contributed by atoms with van der Waals surface area (Å²) in [6, 6.07) is 0. The SMILES string of the molecule is CCCCCCCCCCCCCCCCCC(=O)NC(C)NC(C)(O)O. The number of carbonyl (C=O) groups is 1. The molecule has 0 aliphatic rings. The van der Waals surface area contributed by atoms with Crippen LogP contribution in [0.4, 0.5) is 0 Å². The molecule has 0 bridgehead atoms. The zero-order chi connectivity index (χ0) is 20.4. The smallest absolute Gasteiger partial charge is 0.221 e. The van der Waals surface area contributed by atoms with Crippen molar-refractivity contribution < 1.29 is 15.0 Å². The standard InChI is InChI=1S/C22H46N2O3/c1-4-5-6-7-8-9-10-11-12-13-14-15-16-17-18-19-21(25)23-20(2)24-22(3,26)27/h20,24,26-27H,4-19H2,1-3H3,(H,23,25). The molecule has 5 nitrogen and oxygen atoms in total. The van der Waals surface area contributed by atoms with Crippen LogP contribution in [-0.2, 0) is 4.79 Å². The predicted octanol–water partition coefficient (Wildman–Crippen LogP) is 4.96. The normalized spacial score (nSPS) is 12.9. The molecular formula is C22H46N2O3. The van der Waals surface area contributed by atoms with Crippen molar-refractivity contribution in [3.05, 3.63) is 0 Å². The van der Waals surface area contributed by atoms with Crippen LogP contribution in [0.15, 0.2) is 0 Å². The van der Waals surface area contributed by atoms with Crippen molar-refractivity contribution in [1.82, 2.24) is 10.6 Å². The topological polar surface area (TPSA) is 81.6 Å². The maximum absolute atomic E-state index is 11.8. The molecule has 1 amide bonds. The summed E-state index contributed by atoms with van der Waals surface area (Å²) in [6.45, 7) is 5.18. The average Bonchev–Trinajstić information content (AvgIpc) is 2.56. The average molecular weight is 387 g/mol. The van der Waals surface area contributed by atoms with Crippen molar-refractivity contribution >= 4 is 5.91 Å². The molecule has 0 aromatic heterocycles. The summed E-state index contributed by atoms with van der Waals surface area (Å²) < 4.78 is 0. The molecule has 0 aromatic carbocycles. The summed E-state index contributed by atoms with van der Waals surface area (Å²) in [4.78, 5) is 11.8. The van der Waals surface area contributed by atoms with Gasteiger partial charge in [-0.2, -0.15) is 0 Å². The zero-order valence-electron chi connectivity index (χ0n) is 18.2. The van der Waals surface area contributed by atoms with Gasteiger partial charge in [-0.3, -0.25) is 4.79 Å². The molecule has 1 unspecified atom stereocenters. The monoisotopic (exact) mass is 386 g/mol. The van der Waals surface area contributed by atoms with Crippen LogP contribution in [-0.4, -0.2) is 28.2 Å². The third-order valence-electron chi connectivity index (χ3n) is 4.87. The van der Waals surface area contributed by atoms with Crippen molar-refractivity contribution in [3.63, 3.8) is 0 Å². The van der Waals surface area contributed by atoms with Gasteiger partial charge in [-0.1, -0.05) is 96.8 Å². The molecule has 0 saturated carbocycles. The first kappa shape index (κ1) is 26.4. The fraction of sp³-hybridized carbons (Fsp3) is 0.955. The molecule has 1 atom stereocenters. The maximum Gasteiger partial charge on any atom is 0.221 e. The lowest BCUT2D eigenvalue weighted by Crippen LogP contribution is -2.53. The number of aliphatic hydroxyl groups is 2. The molecular weight excluding hydrogens is 340 g/mol. The van der Waals surface area contributed by atoms with E-state index in [1.807, 2.05) is 0 Å². The largest absolute Gasteiger partial charge is 0.354 e. The lowest BCUT2D eigenvalue weighted by molar-refractivity contribution is -0.176. The molecule has 0 saturated heterocycles. The summed E-state index contributed by atoms with van der Waals surface area (Å²) in [5, 5.41) is 23.6. The van der Waals surface area contributed by atoms with E-state index in [1.54, 1.807) is 6.92 Å². The Hall–Kier alpha value is -0.650. The van der Waals surface area contributed by atoms with Crippen LogP contribution in [0, 0.1) is 0 Å². The Balaban J connectivity index is 3.27. The first-order valence-electron chi connectivity index (χ1n) is 11.4. The number of unbranched alkanes of at least 4 members (excludes halogenated alkanes) is 14. The highest BCUT2D eigenvalue weighted by Crippen LogP contribution is 2.13. The Labute approximate surface area is 167 Å². The summed E-state index contributed by atoms with van der Waals surface area (Å²) in [5.41, 5.74) is 0. The van der Waals surface area contributed by atoms with Gasteiger partial charge in [0.1, 0.15) is 0 Å². The second-order valence-electron chi connectivity index (χ2n) is 8.15. The number of hydrogen-bond acceptors (Lipinski definition) is 4. The van der Waals surface area contributed by atoms with Gasteiger partial charge in [-0.15, -0.1) is 0 Å². The Kier molecular flexibility index (Phi) is 17.0. The lowest BCUT2D eigenvalue weighted by Gasteiger charge is -2.23. The van der Waals surface area contributed by atoms with E-state index in [9.17, 15) is 15.0 Å². The first-order valence-corrected chi connectivity index (χ1v) is 11.4. The van der Waals surface area contributed by atoms with E-state index in [0.29, 0.717) is 6.42 Å². The molecule has 0 aliphatic heterocycles. The Morgan fingerprint density at radius 1 is 0.778 bits per heavy atom. The van der Waals surface area contributed by atoms with Crippen LogP contribution in [0.1, 0.15) is 124 Å². The van der Waals surface area contributed by atoms with Crippen LogP contribution in [0.2, 0.25) is 0 Å². The molecule has 4 N–H and O–H groups in total. The van der Waals surface area contributed by atoms with Gasteiger partial charge in [0, 0.05) is 13.3 Å². The molecule has 27 heavy (non-hydrogen) atoms. The second-order valence-corrected chi connectivity index (χ2v) is 8.15. The summed E-state index contributed by atoms with van der Waals surface area (Å²) in [5.74, 6) is -2.02. The lowest BCUT2D eigenvalue weighted by atomic mass is 10.0. The van der Waals surface area contributed by atoms with Gasteiger partial charge >= 0.3 is 0 Å². The quantitative estimate of drug-likeness (QED) is 0.187. The second kappa shape index (κ2) is 17.4. The first-order chi connectivity index (χ1) is 12.8. The Bertz CT molecular complexity index is 343. The van der Waals surface area contributed by atoms with Crippen molar-refractivity contribution in [2.45, 2.75) is 136 Å². The predicted molar refractivity (Wildman–Crippen MR) is 113 cm³/mol. The number of nitrogens with one attached hydrogen (secondary N) is 2. The summed E-state index contributed by atoms with van der Waals surface area (Å²) >= 11 is 0. The molecule has 162 valence electrons. The van der Waals surface area contributed by atoms with E-state index in [2.05, 4.69) is 17.6 Å². The molecule has 0 fully saturated rings. The Morgan fingerprint density at radius 2 is 1.15 bits per heavy atom. The van der Waals surface area contributed by atoms with Crippen molar-refractivity contribution in [1.29, 1.82) is 0 Å². The van der Waals surface area contributed by atoms with E-state index in [1.165, 1.54) is 90.4 Å². The molecule has 0 radical (unpaired) electrons. The van der Waals surface area contributed by atoms with Crippen LogP contribution in [0.25, 0.3) is 0 Å². The third-order valence-corrected chi connectivity index (χ3v) is 4.87.